The number of carbonyl (C=O) groups excluding carboxylic acids is 1. The van der Waals surface area contributed by atoms with E-state index >= 15 is 0 Å². The molecule has 1 atom stereocenters. The van der Waals surface area contributed by atoms with Crippen LogP contribution in [-0.2, 0) is 0 Å². The van der Waals surface area contributed by atoms with E-state index in [2.05, 4.69) is 19.2 Å². The van der Waals surface area contributed by atoms with E-state index in [4.69, 9.17) is 0 Å². The lowest BCUT2D eigenvalue weighted by atomic mass is 10.1. The highest BCUT2D eigenvalue weighted by Crippen LogP contribution is 2.20. The highest BCUT2D eigenvalue weighted by atomic mass is 16.3. The van der Waals surface area contributed by atoms with Crippen molar-refractivity contribution in [2.24, 2.45) is 5.92 Å². The first-order valence-electron chi connectivity index (χ1n) is 7.88. The third kappa shape index (κ3) is 4.46. The normalized spacial score (nSPS) is 18.9. The molecule has 0 saturated carbocycles. The van der Waals surface area contributed by atoms with Gasteiger partial charge in [-0.25, -0.2) is 0 Å². The van der Waals surface area contributed by atoms with Gasteiger partial charge in [-0.2, -0.15) is 0 Å². The summed E-state index contributed by atoms with van der Waals surface area (Å²) in [5.41, 5.74) is 1.60. The largest absolute Gasteiger partial charge is 0.391 e. The quantitative estimate of drug-likeness (QED) is 0.876. The molecular formula is C17H26N2O2. The third-order valence-electron chi connectivity index (χ3n) is 3.88. The first-order chi connectivity index (χ1) is 10.1. The van der Waals surface area contributed by atoms with Gasteiger partial charge in [0.15, 0.2) is 0 Å². The van der Waals surface area contributed by atoms with E-state index in [1.807, 2.05) is 24.3 Å². The number of β-amino-alcohol motifs (C(OH)–C–C–N with tert-alkyl or cyclic N) is 1. The lowest BCUT2D eigenvalue weighted by Crippen LogP contribution is -2.42. The van der Waals surface area contributed by atoms with Gasteiger partial charge < -0.3 is 15.3 Å². The van der Waals surface area contributed by atoms with Crippen LogP contribution >= 0.6 is 0 Å². The van der Waals surface area contributed by atoms with Gasteiger partial charge in [0.25, 0.3) is 5.91 Å². The Morgan fingerprint density at radius 3 is 2.90 bits per heavy atom. The Morgan fingerprint density at radius 2 is 2.19 bits per heavy atom. The van der Waals surface area contributed by atoms with Gasteiger partial charge in [0.2, 0.25) is 0 Å². The standard InChI is InChI=1S/C17H26N2O2/c1-13(2)9-10-18-16-8-4-3-7-15(16)17(21)19-11-5-6-14(20)12-19/h3-4,7-8,13-14,18,20H,5-6,9-12H2,1-2H3. The Bertz CT molecular complexity index is 474. The van der Waals surface area contributed by atoms with Crippen molar-refractivity contribution in [2.45, 2.75) is 39.2 Å². The van der Waals surface area contributed by atoms with Gasteiger partial charge >= 0.3 is 0 Å². The SMILES string of the molecule is CC(C)CCNc1ccccc1C(=O)N1CCCC(O)C1. The molecule has 116 valence electrons. The lowest BCUT2D eigenvalue weighted by molar-refractivity contribution is 0.0474. The summed E-state index contributed by atoms with van der Waals surface area (Å²) in [7, 11) is 0. The number of amides is 1. The molecule has 1 unspecified atom stereocenters. The average Bonchev–Trinajstić information content (AvgIpc) is 2.47. The highest BCUT2D eigenvalue weighted by molar-refractivity contribution is 5.99. The molecule has 2 N–H and O–H groups in total. The molecule has 1 saturated heterocycles. The number of hydrogen-bond donors (Lipinski definition) is 2. The van der Waals surface area contributed by atoms with Gasteiger partial charge in [-0.15, -0.1) is 0 Å². The molecule has 1 heterocycles. The van der Waals surface area contributed by atoms with Crippen LogP contribution in [-0.4, -0.2) is 41.7 Å². The van der Waals surface area contributed by atoms with Gasteiger partial charge in [0, 0.05) is 25.3 Å². The summed E-state index contributed by atoms with van der Waals surface area (Å²) >= 11 is 0. The molecule has 1 aliphatic rings. The maximum absolute atomic E-state index is 12.6. The second-order valence-corrected chi connectivity index (χ2v) is 6.20. The van der Waals surface area contributed by atoms with Gasteiger partial charge in [0.1, 0.15) is 0 Å². The van der Waals surface area contributed by atoms with Crippen LogP contribution in [0.15, 0.2) is 24.3 Å². The van der Waals surface area contributed by atoms with Crippen molar-refractivity contribution in [3.05, 3.63) is 29.8 Å². The number of anilines is 1. The summed E-state index contributed by atoms with van der Waals surface area (Å²) in [5.74, 6) is 0.652. The predicted molar refractivity (Wildman–Crippen MR) is 85.5 cm³/mol. The monoisotopic (exact) mass is 290 g/mol. The zero-order valence-corrected chi connectivity index (χ0v) is 13.0. The average molecular weight is 290 g/mol. The Morgan fingerprint density at radius 1 is 1.43 bits per heavy atom. The van der Waals surface area contributed by atoms with Crippen molar-refractivity contribution in [3.63, 3.8) is 0 Å². The van der Waals surface area contributed by atoms with Crippen molar-refractivity contribution < 1.29 is 9.90 Å². The number of nitrogens with zero attached hydrogens (tertiary/aromatic N) is 1. The third-order valence-corrected chi connectivity index (χ3v) is 3.88. The first-order valence-corrected chi connectivity index (χ1v) is 7.88. The Hall–Kier alpha value is -1.55. The number of likely N-dealkylation sites (tertiary alicyclic amines) is 1. The predicted octanol–water partition coefficient (Wildman–Crippen LogP) is 2.74. The second kappa shape index (κ2) is 7.46. The van der Waals surface area contributed by atoms with E-state index in [1.54, 1.807) is 4.90 Å². The number of rotatable bonds is 5. The molecule has 21 heavy (non-hydrogen) atoms. The zero-order valence-electron chi connectivity index (χ0n) is 13.0. The van der Waals surface area contributed by atoms with Crippen LogP contribution in [0.2, 0.25) is 0 Å². The minimum Gasteiger partial charge on any atom is -0.391 e. The highest BCUT2D eigenvalue weighted by Gasteiger charge is 2.24. The first kappa shape index (κ1) is 15.8. The number of benzene rings is 1. The maximum Gasteiger partial charge on any atom is 0.256 e. The topological polar surface area (TPSA) is 52.6 Å². The second-order valence-electron chi connectivity index (χ2n) is 6.20. The minimum atomic E-state index is -0.385. The number of aliphatic hydroxyl groups is 1. The molecule has 1 aliphatic heterocycles. The number of piperidine rings is 1. The number of carbonyl (C=O) groups is 1. The molecule has 0 spiro atoms. The maximum atomic E-state index is 12.6. The van der Waals surface area contributed by atoms with Crippen molar-refractivity contribution in [2.75, 3.05) is 25.0 Å². The van der Waals surface area contributed by atoms with E-state index in [-0.39, 0.29) is 12.0 Å². The van der Waals surface area contributed by atoms with Crippen LogP contribution in [0.1, 0.15) is 43.5 Å². The smallest absolute Gasteiger partial charge is 0.256 e. The molecule has 0 aromatic heterocycles. The molecule has 2 rings (SSSR count). The molecule has 0 radical (unpaired) electrons. The van der Waals surface area contributed by atoms with E-state index in [9.17, 15) is 9.90 Å². The fraction of sp³-hybridized carbons (Fsp3) is 0.588. The van der Waals surface area contributed by atoms with Gasteiger partial charge in [-0.05, 0) is 37.3 Å². The number of nitrogens with one attached hydrogen (secondary N) is 1. The summed E-state index contributed by atoms with van der Waals surface area (Å²) in [5, 5.41) is 13.1. The summed E-state index contributed by atoms with van der Waals surface area (Å²) in [6.45, 7) is 6.42. The molecular weight excluding hydrogens is 264 g/mol. The summed E-state index contributed by atoms with van der Waals surface area (Å²) < 4.78 is 0. The summed E-state index contributed by atoms with van der Waals surface area (Å²) in [4.78, 5) is 14.4. The Kier molecular flexibility index (Phi) is 5.62. The van der Waals surface area contributed by atoms with Crippen molar-refractivity contribution in [1.29, 1.82) is 0 Å². The lowest BCUT2D eigenvalue weighted by Gasteiger charge is -2.30. The molecule has 1 aromatic rings. The molecule has 4 heteroatoms. The molecule has 0 aliphatic carbocycles. The van der Waals surface area contributed by atoms with Gasteiger partial charge in [-0.3, -0.25) is 4.79 Å². The summed E-state index contributed by atoms with van der Waals surface area (Å²) in [6.07, 6.45) is 2.35. The fourth-order valence-corrected chi connectivity index (χ4v) is 2.63. The van der Waals surface area contributed by atoms with E-state index in [0.717, 1.165) is 38.0 Å². The van der Waals surface area contributed by atoms with Gasteiger partial charge in [-0.1, -0.05) is 26.0 Å². The molecule has 1 aromatic carbocycles. The van der Waals surface area contributed by atoms with E-state index in [1.165, 1.54) is 0 Å². The molecule has 0 bridgehead atoms. The number of hydrogen-bond acceptors (Lipinski definition) is 3. The van der Waals surface area contributed by atoms with Crippen molar-refractivity contribution >= 4 is 11.6 Å². The summed E-state index contributed by atoms with van der Waals surface area (Å²) in [6, 6.07) is 7.65. The van der Waals surface area contributed by atoms with E-state index < -0.39 is 0 Å². The van der Waals surface area contributed by atoms with Crippen LogP contribution in [0, 0.1) is 5.92 Å². The van der Waals surface area contributed by atoms with Crippen molar-refractivity contribution in [3.8, 4) is 0 Å². The van der Waals surface area contributed by atoms with Crippen LogP contribution < -0.4 is 5.32 Å². The van der Waals surface area contributed by atoms with Crippen LogP contribution in [0.3, 0.4) is 0 Å². The van der Waals surface area contributed by atoms with Gasteiger partial charge in [0.05, 0.1) is 11.7 Å². The zero-order chi connectivity index (χ0) is 15.2. The Balaban J connectivity index is 2.05. The number of aliphatic hydroxyl groups excluding tert-OH is 1. The molecule has 1 fully saturated rings. The Labute approximate surface area is 127 Å². The van der Waals surface area contributed by atoms with Crippen LogP contribution in [0.5, 0.6) is 0 Å². The fourth-order valence-electron chi connectivity index (χ4n) is 2.63. The van der Waals surface area contributed by atoms with Crippen molar-refractivity contribution in [1.82, 2.24) is 4.90 Å². The number of para-hydroxylation sites is 1. The van der Waals surface area contributed by atoms with E-state index in [0.29, 0.717) is 18.0 Å². The van der Waals surface area contributed by atoms with Crippen LogP contribution in [0.25, 0.3) is 0 Å². The molecule has 4 nitrogen and oxygen atoms in total. The minimum absolute atomic E-state index is 0.0152. The molecule has 1 amide bonds. The van der Waals surface area contributed by atoms with Crippen LogP contribution in [0.4, 0.5) is 5.69 Å².